The summed E-state index contributed by atoms with van der Waals surface area (Å²) in [6.45, 7) is 6.32. The summed E-state index contributed by atoms with van der Waals surface area (Å²) in [5.41, 5.74) is 3.85. The smallest absolute Gasteiger partial charge is 0.251 e. The van der Waals surface area contributed by atoms with Crippen LogP contribution >= 0.6 is 0 Å². The third kappa shape index (κ3) is 6.47. The first-order valence-electron chi connectivity index (χ1n) is 12.2. The molecule has 0 saturated heterocycles. The van der Waals surface area contributed by atoms with E-state index in [1.807, 2.05) is 30.3 Å². The lowest BCUT2D eigenvalue weighted by Gasteiger charge is -2.12. The van der Waals surface area contributed by atoms with Crippen LogP contribution in [0.25, 0.3) is 11.0 Å². The van der Waals surface area contributed by atoms with Gasteiger partial charge >= 0.3 is 0 Å². The fraction of sp³-hybridized carbons (Fsp3) is 0.310. The summed E-state index contributed by atoms with van der Waals surface area (Å²) in [5.74, 6) is 1.85. The van der Waals surface area contributed by atoms with E-state index in [0.29, 0.717) is 24.6 Å². The Hall–Kier alpha value is -3.67. The van der Waals surface area contributed by atoms with Gasteiger partial charge in [0.25, 0.3) is 5.91 Å². The molecule has 1 heterocycles. The van der Waals surface area contributed by atoms with Gasteiger partial charge in [-0.15, -0.1) is 0 Å². The van der Waals surface area contributed by atoms with E-state index in [9.17, 15) is 9.18 Å². The fourth-order valence-electron chi connectivity index (χ4n) is 4.08. The lowest BCUT2D eigenvalue weighted by Crippen LogP contribution is -2.25. The number of hydrogen-bond acceptors (Lipinski definition) is 3. The second-order valence-electron chi connectivity index (χ2n) is 8.96. The van der Waals surface area contributed by atoms with Crippen molar-refractivity contribution in [1.82, 2.24) is 14.9 Å². The summed E-state index contributed by atoms with van der Waals surface area (Å²) < 4.78 is 21.3. The van der Waals surface area contributed by atoms with Crippen molar-refractivity contribution < 1.29 is 13.9 Å². The first kappa shape index (κ1) is 24.5. The Morgan fingerprint density at radius 1 is 1.00 bits per heavy atom. The number of carbonyl (C=O) groups excluding carboxylic acids is 1. The molecule has 4 rings (SSSR count). The summed E-state index contributed by atoms with van der Waals surface area (Å²) in [6, 6.07) is 22.0. The van der Waals surface area contributed by atoms with E-state index in [1.165, 1.54) is 29.8 Å². The highest BCUT2D eigenvalue weighted by Gasteiger charge is 2.11. The Morgan fingerprint density at radius 2 is 1.74 bits per heavy atom. The number of nitrogens with zero attached hydrogens (tertiary/aromatic N) is 2. The number of benzene rings is 3. The first-order valence-corrected chi connectivity index (χ1v) is 12.2. The molecule has 182 valence electrons. The SMILES string of the molecule is CC(C)c1ccc(OCCCn2c(CCCNC(=O)c3ccc(F)cc3)nc3ccccc32)cc1. The van der Waals surface area contributed by atoms with E-state index in [0.717, 1.165) is 48.4 Å². The standard InChI is InChI=1S/C29H32FN3O2/c1-21(2)22-12-16-25(17-13-22)35-20-6-19-33-27-8-4-3-7-26(27)32-28(33)9-5-18-31-29(34)23-10-14-24(30)15-11-23/h3-4,7-8,10-17,21H,5-6,9,18-20H2,1-2H3,(H,31,34). The van der Waals surface area contributed by atoms with E-state index >= 15 is 0 Å². The van der Waals surface area contributed by atoms with Crippen LogP contribution in [0.5, 0.6) is 5.75 Å². The van der Waals surface area contributed by atoms with Crippen LogP contribution in [-0.2, 0) is 13.0 Å². The van der Waals surface area contributed by atoms with Crippen LogP contribution < -0.4 is 10.1 Å². The van der Waals surface area contributed by atoms with E-state index in [2.05, 4.69) is 41.9 Å². The van der Waals surface area contributed by atoms with Gasteiger partial charge in [-0.1, -0.05) is 38.1 Å². The molecule has 1 aromatic heterocycles. The summed E-state index contributed by atoms with van der Waals surface area (Å²) in [5, 5.41) is 2.90. The molecule has 1 amide bonds. The minimum Gasteiger partial charge on any atom is -0.494 e. The summed E-state index contributed by atoms with van der Waals surface area (Å²) in [6.07, 6.45) is 2.37. The predicted molar refractivity (Wildman–Crippen MR) is 137 cm³/mol. The molecule has 0 saturated carbocycles. The van der Waals surface area contributed by atoms with Gasteiger partial charge in [0.15, 0.2) is 0 Å². The molecule has 0 aliphatic carbocycles. The summed E-state index contributed by atoms with van der Waals surface area (Å²) in [4.78, 5) is 17.1. The van der Waals surface area contributed by atoms with E-state index in [4.69, 9.17) is 9.72 Å². The lowest BCUT2D eigenvalue weighted by molar-refractivity contribution is 0.0953. The van der Waals surface area contributed by atoms with Crippen LogP contribution in [0.4, 0.5) is 4.39 Å². The second-order valence-corrected chi connectivity index (χ2v) is 8.96. The number of hydrogen-bond donors (Lipinski definition) is 1. The molecule has 1 N–H and O–H groups in total. The molecule has 5 nitrogen and oxygen atoms in total. The summed E-state index contributed by atoms with van der Waals surface area (Å²) in [7, 11) is 0. The molecule has 6 heteroatoms. The quantitative estimate of drug-likeness (QED) is 0.267. The maximum Gasteiger partial charge on any atom is 0.251 e. The number of fused-ring (bicyclic) bond motifs is 1. The highest BCUT2D eigenvalue weighted by Crippen LogP contribution is 2.20. The van der Waals surface area contributed by atoms with Gasteiger partial charge in [-0.3, -0.25) is 4.79 Å². The van der Waals surface area contributed by atoms with Crippen LogP contribution in [0.1, 0.15) is 54.4 Å². The monoisotopic (exact) mass is 473 g/mol. The van der Waals surface area contributed by atoms with Crippen LogP contribution in [0.3, 0.4) is 0 Å². The number of aromatic nitrogens is 2. The van der Waals surface area contributed by atoms with Gasteiger partial charge in [0.05, 0.1) is 17.6 Å². The molecule has 0 unspecified atom stereocenters. The van der Waals surface area contributed by atoms with E-state index < -0.39 is 0 Å². The van der Waals surface area contributed by atoms with Crippen molar-refractivity contribution in [3.05, 3.63) is 95.6 Å². The number of halogens is 1. The molecule has 0 aliphatic heterocycles. The fourth-order valence-corrected chi connectivity index (χ4v) is 4.08. The van der Waals surface area contributed by atoms with Crippen molar-refractivity contribution in [2.24, 2.45) is 0 Å². The maximum absolute atomic E-state index is 13.1. The Balaban J connectivity index is 1.31. The average Bonchev–Trinajstić information content (AvgIpc) is 3.22. The number of nitrogens with one attached hydrogen (secondary N) is 1. The van der Waals surface area contributed by atoms with Crippen LogP contribution in [0, 0.1) is 5.82 Å². The number of rotatable bonds is 11. The van der Waals surface area contributed by atoms with Crippen molar-refractivity contribution in [2.45, 2.75) is 45.6 Å². The minimum absolute atomic E-state index is 0.197. The molecule has 0 atom stereocenters. The average molecular weight is 474 g/mol. The number of ether oxygens (including phenoxy) is 1. The van der Waals surface area contributed by atoms with Gasteiger partial charge in [-0.25, -0.2) is 9.37 Å². The second kappa shape index (κ2) is 11.6. The minimum atomic E-state index is -0.352. The van der Waals surface area contributed by atoms with Crippen molar-refractivity contribution in [3.63, 3.8) is 0 Å². The third-order valence-electron chi connectivity index (χ3n) is 6.04. The zero-order valence-electron chi connectivity index (χ0n) is 20.3. The van der Waals surface area contributed by atoms with Crippen molar-refractivity contribution in [3.8, 4) is 5.75 Å². The Labute approximate surface area is 206 Å². The van der Waals surface area contributed by atoms with E-state index in [-0.39, 0.29) is 11.7 Å². The predicted octanol–water partition coefficient (Wildman–Crippen LogP) is 6.13. The van der Waals surface area contributed by atoms with Gasteiger partial charge < -0.3 is 14.6 Å². The highest BCUT2D eigenvalue weighted by molar-refractivity contribution is 5.94. The van der Waals surface area contributed by atoms with Crippen molar-refractivity contribution in [2.75, 3.05) is 13.2 Å². The number of para-hydroxylation sites is 2. The van der Waals surface area contributed by atoms with Crippen molar-refractivity contribution in [1.29, 1.82) is 0 Å². The Morgan fingerprint density at radius 3 is 2.49 bits per heavy atom. The first-order chi connectivity index (χ1) is 17.0. The molecule has 0 spiro atoms. The molecule has 4 aromatic rings. The van der Waals surface area contributed by atoms with Gasteiger partial charge in [0.1, 0.15) is 17.4 Å². The number of imidazole rings is 1. The van der Waals surface area contributed by atoms with Gasteiger partial charge in [0, 0.05) is 25.1 Å². The molecule has 35 heavy (non-hydrogen) atoms. The number of aryl methyl sites for hydroxylation is 2. The Kier molecular flexibility index (Phi) is 8.14. The zero-order valence-corrected chi connectivity index (χ0v) is 20.3. The normalized spacial score (nSPS) is 11.2. The zero-order chi connectivity index (χ0) is 24.6. The number of amides is 1. The van der Waals surface area contributed by atoms with E-state index in [1.54, 1.807) is 0 Å². The molecular weight excluding hydrogens is 441 g/mol. The summed E-state index contributed by atoms with van der Waals surface area (Å²) >= 11 is 0. The van der Waals surface area contributed by atoms with Gasteiger partial charge in [-0.05, 0) is 72.9 Å². The molecule has 3 aromatic carbocycles. The highest BCUT2D eigenvalue weighted by atomic mass is 19.1. The molecule has 0 radical (unpaired) electrons. The third-order valence-corrected chi connectivity index (χ3v) is 6.04. The maximum atomic E-state index is 13.1. The molecular formula is C29H32FN3O2. The molecule has 0 bridgehead atoms. The topological polar surface area (TPSA) is 56.1 Å². The van der Waals surface area contributed by atoms with Crippen LogP contribution in [-0.4, -0.2) is 28.6 Å². The van der Waals surface area contributed by atoms with Crippen LogP contribution in [0.15, 0.2) is 72.8 Å². The molecule has 0 fully saturated rings. The van der Waals surface area contributed by atoms with Gasteiger partial charge in [-0.2, -0.15) is 0 Å². The number of carbonyl (C=O) groups is 1. The van der Waals surface area contributed by atoms with Crippen LogP contribution in [0.2, 0.25) is 0 Å². The van der Waals surface area contributed by atoms with Gasteiger partial charge in [0.2, 0.25) is 0 Å². The van der Waals surface area contributed by atoms with Crippen molar-refractivity contribution >= 4 is 16.9 Å². The lowest BCUT2D eigenvalue weighted by atomic mass is 10.0. The molecule has 0 aliphatic rings. The Bertz CT molecular complexity index is 1250. The largest absolute Gasteiger partial charge is 0.494 e.